The smallest absolute Gasteiger partial charge is 0.246 e. The molecule has 1 aliphatic rings. The Balaban J connectivity index is 1.52. The lowest BCUT2D eigenvalue weighted by Crippen LogP contribution is -2.29. The van der Waals surface area contributed by atoms with E-state index in [0.29, 0.717) is 30.6 Å². The van der Waals surface area contributed by atoms with Crippen LogP contribution < -0.4 is 9.47 Å². The van der Waals surface area contributed by atoms with Crippen LogP contribution in [-0.4, -0.2) is 47.3 Å². The number of ether oxygens (including phenoxy) is 2. The van der Waals surface area contributed by atoms with E-state index in [1.807, 2.05) is 0 Å². The third-order valence-corrected chi connectivity index (χ3v) is 3.50. The van der Waals surface area contributed by atoms with Crippen molar-refractivity contribution in [3.63, 3.8) is 0 Å². The van der Waals surface area contributed by atoms with Crippen molar-refractivity contribution in [1.82, 2.24) is 15.1 Å². The fourth-order valence-electron chi connectivity index (χ4n) is 2.32. The van der Waals surface area contributed by atoms with Gasteiger partial charge < -0.3 is 18.8 Å². The summed E-state index contributed by atoms with van der Waals surface area (Å²) in [4.78, 5) is 13.9. The second-order valence-corrected chi connectivity index (χ2v) is 5.08. The molecule has 7 nitrogen and oxygen atoms in total. The first-order chi connectivity index (χ1) is 11.2. The largest absolute Gasteiger partial charge is 0.480 e. The third-order valence-electron chi connectivity index (χ3n) is 3.50. The van der Waals surface area contributed by atoms with Crippen LogP contribution in [0, 0.1) is 0 Å². The molecule has 0 N–H and O–H groups in total. The Kier molecular flexibility index (Phi) is 4.56. The van der Waals surface area contributed by atoms with Gasteiger partial charge in [0.25, 0.3) is 0 Å². The Morgan fingerprint density at radius 3 is 2.87 bits per heavy atom. The minimum Gasteiger partial charge on any atom is -0.480 e. The third kappa shape index (κ3) is 3.88. The lowest BCUT2D eigenvalue weighted by molar-refractivity contribution is -0.125. The highest BCUT2D eigenvalue weighted by Crippen LogP contribution is 2.18. The normalized spacial score (nSPS) is 17.6. The first kappa shape index (κ1) is 15.1. The van der Waals surface area contributed by atoms with Crippen LogP contribution in [0.4, 0.5) is 0 Å². The lowest BCUT2D eigenvalue weighted by Gasteiger charge is -2.15. The highest BCUT2D eigenvalue weighted by molar-refractivity contribution is 5.91. The van der Waals surface area contributed by atoms with Crippen molar-refractivity contribution in [2.75, 3.05) is 20.2 Å². The maximum Gasteiger partial charge on any atom is 0.246 e. The standard InChI is InChI=1S/C16H17N3O4/c1-21-14-5-6-15(18-17-14)23-13-8-9-19(11-13)16(20)7-4-12-3-2-10-22-12/h2-7,10,13H,8-9,11H2,1H3. The molecule has 3 heterocycles. The van der Waals surface area contributed by atoms with Crippen LogP contribution in [0.2, 0.25) is 0 Å². The van der Waals surface area contributed by atoms with E-state index in [9.17, 15) is 4.79 Å². The zero-order chi connectivity index (χ0) is 16.1. The lowest BCUT2D eigenvalue weighted by atomic mass is 10.3. The number of aromatic nitrogens is 2. The molecule has 0 spiro atoms. The summed E-state index contributed by atoms with van der Waals surface area (Å²) in [6.45, 7) is 1.17. The molecule has 0 saturated carbocycles. The molecule has 1 amide bonds. The summed E-state index contributed by atoms with van der Waals surface area (Å²) in [5.74, 6) is 1.45. The van der Waals surface area contributed by atoms with Crippen LogP contribution in [-0.2, 0) is 4.79 Å². The minimum absolute atomic E-state index is 0.0617. The van der Waals surface area contributed by atoms with E-state index in [-0.39, 0.29) is 12.0 Å². The van der Waals surface area contributed by atoms with Crippen LogP contribution in [0.25, 0.3) is 6.08 Å². The molecule has 120 valence electrons. The van der Waals surface area contributed by atoms with E-state index in [2.05, 4.69) is 10.2 Å². The number of hydrogen-bond acceptors (Lipinski definition) is 6. The predicted molar refractivity (Wildman–Crippen MR) is 81.9 cm³/mol. The Hall–Kier alpha value is -2.83. The van der Waals surface area contributed by atoms with Gasteiger partial charge in [0, 0.05) is 31.2 Å². The number of furan rings is 1. The van der Waals surface area contributed by atoms with E-state index < -0.39 is 0 Å². The summed E-state index contributed by atoms with van der Waals surface area (Å²) < 4.78 is 15.8. The maximum absolute atomic E-state index is 12.1. The van der Waals surface area contributed by atoms with Gasteiger partial charge in [0.1, 0.15) is 11.9 Å². The molecule has 1 unspecified atom stereocenters. The molecule has 2 aromatic heterocycles. The number of rotatable bonds is 5. The van der Waals surface area contributed by atoms with E-state index in [1.165, 1.54) is 13.2 Å². The van der Waals surface area contributed by atoms with Crippen molar-refractivity contribution >= 4 is 12.0 Å². The SMILES string of the molecule is COc1ccc(OC2CCN(C(=O)C=Cc3ccco3)C2)nn1. The summed E-state index contributed by atoms with van der Waals surface area (Å²) in [7, 11) is 1.53. The minimum atomic E-state index is -0.0846. The van der Waals surface area contributed by atoms with Gasteiger partial charge in [-0.2, -0.15) is 0 Å². The van der Waals surface area contributed by atoms with Crippen molar-refractivity contribution in [3.05, 3.63) is 42.4 Å². The summed E-state index contributed by atoms with van der Waals surface area (Å²) in [6.07, 6.45) is 5.41. The second-order valence-electron chi connectivity index (χ2n) is 5.08. The van der Waals surface area contributed by atoms with Gasteiger partial charge >= 0.3 is 0 Å². The molecule has 3 rings (SSSR count). The predicted octanol–water partition coefficient (Wildman–Crippen LogP) is 1.77. The first-order valence-electron chi connectivity index (χ1n) is 7.29. The zero-order valence-corrected chi connectivity index (χ0v) is 12.7. The Morgan fingerprint density at radius 1 is 1.35 bits per heavy atom. The Bertz CT molecular complexity index is 667. The number of hydrogen-bond donors (Lipinski definition) is 0. The summed E-state index contributed by atoms with van der Waals surface area (Å²) in [6, 6.07) is 6.96. The van der Waals surface area contributed by atoms with Gasteiger partial charge in [0.05, 0.1) is 19.9 Å². The van der Waals surface area contributed by atoms with Gasteiger partial charge in [-0.3, -0.25) is 4.79 Å². The Labute approximate surface area is 133 Å². The molecule has 0 radical (unpaired) electrons. The molecule has 2 aromatic rings. The van der Waals surface area contributed by atoms with Crippen LogP contribution in [0.1, 0.15) is 12.2 Å². The number of amides is 1. The van der Waals surface area contributed by atoms with E-state index in [4.69, 9.17) is 13.9 Å². The zero-order valence-electron chi connectivity index (χ0n) is 12.7. The molecule has 7 heteroatoms. The number of methoxy groups -OCH3 is 1. The highest BCUT2D eigenvalue weighted by Gasteiger charge is 2.26. The van der Waals surface area contributed by atoms with Crippen molar-refractivity contribution < 1.29 is 18.7 Å². The Morgan fingerprint density at radius 2 is 2.17 bits per heavy atom. The van der Waals surface area contributed by atoms with Gasteiger partial charge in [0.15, 0.2) is 0 Å². The summed E-state index contributed by atoms with van der Waals surface area (Å²) in [5, 5.41) is 7.78. The molecule has 1 saturated heterocycles. The second kappa shape index (κ2) is 6.95. The monoisotopic (exact) mass is 315 g/mol. The molecular formula is C16H17N3O4. The van der Waals surface area contributed by atoms with Gasteiger partial charge in [-0.1, -0.05) is 0 Å². The summed E-state index contributed by atoms with van der Waals surface area (Å²) >= 11 is 0. The molecule has 1 aliphatic heterocycles. The van der Waals surface area contributed by atoms with Crippen LogP contribution >= 0.6 is 0 Å². The molecule has 1 atom stereocenters. The van der Waals surface area contributed by atoms with Crippen LogP contribution in [0.15, 0.2) is 41.0 Å². The van der Waals surface area contributed by atoms with Gasteiger partial charge in [-0.25, -0.2) is 0 Å². The molecular weight excluding hydrogens is 298 g/mol. The molecule has 0 aromatic carbocycles. The van der Waals surface area contributed by atoms with Crippen molar-refractivity contribution in [1.29, 1.82) is 0 Å². The van der Waals surface area contributed by atoms with Gasteiger partial charge in [0.2, 0.25) is 17.7 Å². The van der Waals surface area contributed by atoms with Crippen LogP contribution in [0.5, 0.6) is 11.8 Å². The van der Waals surface area contributed by atoms with Gasteiger partial charge in [-0.05, 0) is 18.2 Å². The fourth-order valence-corrected chi connectivity index (χ4v) is 2.32. The van der Waals surface area contributed by atoms with Crippen molar-refractivity contribution in [3.8, 4) is 11.8 Å². The fraction of sp³-hybridized carbons (Fsp3) is 0.312. The summed E-state index contributed by atoms with van der Waals surface area (Å²) in [5.41, 5.74) is 0. The van der Waals surface area contributed by atoms with E-state index >= 15 is 0 Å². The van der Waals surface area contributed by atoms with Crippen LogP contribution in [0.3, 0.4) is 0 Å². The van der Waals surface area contributed by atoms with E-state index in [0.717, 1.165) is 6.42 Å². The number of carbonyl (C=O) groups excluding carboxylic acids is 1. The topological polar surface area (TPSA) is 77.7 Å². The quantitative estimate of drug-likeness (QED) is 0.783. The molecule has 1 fully saturated rings. The van der Waals surface area contributed by atoms with Gasteiger partial charge in [-0.15, -0.1) is 10.2 Å². The average molecular weight is 315 g/mol. The van der Waals surface area contributed by atoms with Crippen molar-refractivity contribution in [2.24, 2.45) is 0 Å². The molecule has 0 bridgehead atoms. The number of carbonyl (C=O) groups is 1. The van der Waals surface area contributed by atoms with Crippen molar-refractivity contribution in [2.45, 2.75) is 12.5 Å². The number of nitrogens with zero attached hydrogens (tertiary/aromatic N) is 3. The number of likely N-dealkylation sites (tertiary alicyclic amines) is 1. The highest BCUT2D eigenvalue weighted by atomic mass is 16.5. The first-order valence-corrected chi connectivity index (χ1v) is 7.29. The van der Waals surface area contributed by atoms with E-state index in [1.54, 1.807) is 41.5 Å². The molecule has 23 heavy (non-hydrogen) atoms. The average Bonchev–Trinajstić information content (AvgIpc) is 3.25. The molecule has 0 aliphatic carbocycles. The maximum atomic E-state index is 12.1.